The van der Waals surface area contributed by atoms with Crippen LogP contribution in [0, 0.1) is 0 Å². The summed E-state index contributed by atoms with van der Waals surface area (Å²) >= 11 is 6.18. The van der Waals surface area contributed by atoms with Crippen LogP contribution in [-0.4, -0.2) is 24.1 Å². The number of fused-ring (bicyclic) bond motifs is 1. The first-order valence-electron chi connectivity index (χ1n) is 6.35. The van der Waals surface area contributed by atoms with Gasteiger partial charge in [0.15, 0.2) is 0 Å². The zero-order valence-corrected chi connectivity index (χ0v) is 10.9. The van der Waals surface area contributed by atoms with Crippen LogP contribution in [0.15, 0.2) is 30.5 Å². The third kappa shape index (κ3) is 2.28. The number of benzene rings is 1. The fourth-order valence-corrected chi connectivity index (χ4v) is 2.66. The molecule has 1 aliphatic heterocycles. The van der Waals surface area contributed by atoms with Crippen molar-refractivity contribution in [3.8, 4) is 0 Å². The van der Waals surface area contributed by atoms with E-state index in [0.717, 1.165) is 34.7 Å². The van der Waals surface area contributed by atoms with E-state index >= 15 is 0 Å². The number of anilines is 1. The summed E-state index contributed by atoms with van der Waals surface area (Å²) in [6.45, 7) is 2.07. The first-order valence-corrected chi connectivity index (χ1v) is 6.73. The van der Waals surface area contributed by atoms with Crippen molar-refractivity contribution >= 4 is 28.2 Å². The number of nitrogens with one attached hydrogen (secondary N) is 2. The minimum atomic E-state index is 0.569. The highest BCUT2D eigenvalue weighted by Gasteiger charge is 2.14. The molecule has 2 aromatic rings. The van der Waals surface area contributed by atoms with Crippen molar-refractivity contribution in [2.75, 3.05) is 18.4 Å². The van der Waals surface area contributed by atoms with Gasteiger partial charge in [0, 0.05) is 24.2 Å². The highest BCUT2D eigenvalue weighted by Crippen LogP contribution is 2.28. The monoisotopic (exact) mass is 261 g/mol. The summed E-state index contributed by atoms with van der Waals surface area (Å²) in [7, 11) is 0. The van der Waals surface area contributed by atoms with Crippen molar-refractivity contribution in [1.29, 1.82) is 0 Å². The second-order valence-corrected chi connectivity index (χ2v) is 5.08. The van der Waals surface area contributed by atoms with Crippen LogP contribution in [0.3, 0.4) is 0 Å². The van der Waals surface area contributed by atoms with E-state index in [0.29, 0.717) is 6.04 Å². The van der Waals surface area contributed by atoms with Crippen molar-refractivity contribution < 1.29 is 0 Å². The average molecular weight is 262 g/mol. The Balaban J connectivity index is 1.85. The van der Waals surface area contributed by atoms with Gasteiger partial charge in [-0.05, 0) is 43.7 Å². The van der Waals surface area contributed by atoms with Crippen molar-refractivity contribution in [1.82, 2.24) is 10.3 Å². The third-order valence-corrected chi connectivity index (χ3v) is 3.75. The second-order valence-electron chi connectivity index (χ2n) is 4.67. The van der Waals surface area contributed by atoms with Gasteiger partial charge in [0.2, 0.25) is 0 Å². The Kier molecular flexibility index (Phi) is 3.35. The molecule has 0 radical (unpaired) electrons. The molecule has 0 saturated carbocycles. The Morgan fingerprint density at radius 1 is 1.39 bits per heavy atom. The van der Waals surface area contributed by atoms with E-state index in [2.05, 4.69) is 15.6 Å². The first kappa shape index (κ1) is 11.8. The molecule has 1 aromatic carbocycles. The molecule has 3 rings (SSSR count). The molecule has 1 atom stereocenters. The molecule has 1 unspecified atom stereocenters. The number of halogens is 1. The summed E-state index contributed by atoms with van der Waals surface area (Å²) in [6, 6.07) is 8.42. The molecular formula is C14H16ClN3. The van der Waals surface area contributed by atoms with E-state index in [1.807, 2.05) is 24.3 Å². The van der Waals surface area contributed by atoms with Gasteiger partial charge in [0.05, 0.1) is 16.2 Å². The van der Waals surface area contributed by atoms with Crippen LogP contribution in [0.25, 0.3) is 10.9 Å². The summed E-state index contributed by atoms with van der Waals surface area (Å²) in [5, 5.41) is 8.71. The number of rotatable bonds is 3. The summed E-state index contributed by atoms with van der Waals surface area (Å²) in [5.74, 6) is 0. The predicted molar refractivity (Wildman–Crippen MR) is 76.3 cm³/mol. The molecule has 0 amide bonds. The lowest BCUT2D eigenvalue weighted by molar-refractivity contribution is 0.634. The molecule has 94 valence electrons. The smallest absolute Gasteiger partial charge is 0.0948 e. The van der Waals surface area contributed by atoms with Crippen molar-refractivity contribution in [3.63, 3.8) is 0 Å². The van der Waals surface area contributed by atoms with Crippen molar-refractivity contribution in [3.05, 3.63) is 35.5 Å². The lowest BCUT2D eigenvalue weighted by atomic mass is 10.1. The van der Waals surface area contributed by atoms with E-state index in [4.69, 9.17) is 11.6 Å². The van der Waals surface area contributed by atoms with Crippen LogP contribution < -0.4 is 10.6 Å². The average Bonchev–Trinajstić information content (AvgIpc) is 2.92. The maximum atomic E-state index is 6.18. The Hall–Kier alpha value is -1.32. The number of aromatic nitrogens is 1. The molecule has 3 nitrogen and oxygen atoms in total. The summed E-state index contributed by atoms with van der Waals surface area (Å²) in [4.78, 5) is 4.42. The zero-order chi connectivity index (χ0) is 12.4. The Labute approximate surface area is 112 Å². The minimum absolute atomic E-state index is 0.569. The van der Waals surface area contributed by atoms with E-state index in [9.17, 15) is 0 Å². The Bertz CT molecular complexity index is 550. The van der Waals surface area contributed by atoms with Gasteiger partial charge in [-0.2, -0.15) is 0 Å². The van der Waals surface area contributed by atoms with E-state index in [1.54, 1.807) is 6.20 Å². The molecule has 2 heterocycles. The van der Waals surface area contributed by atoms with Gasteiger partial charge in [0.1, 0.15) is 0 Å². The van der Waals surface area contributed by atoms with Crippen LogP contribution in [0.4, 0.5) is 5.69 Å². The van der Waals surface area contributed by atoms with Gasteiger partial charge in [-0.1, -0.05) is 11.6 Å². The number of pyridine rings is 1. The fraction of sp³-hybridized carbons (Fsp3) is 0.357. The lowest BCUT2D eigenvalue weighted by Crippen LogP contribution is -2.29. The number of hydrogen-bond donors (Lipinski definition) is 2. The maximum absolute atomic E-state index is 6.18. The summed E-state index contributed by atoms with van der Waals surface area (Å²) < 4.78 is 0. The van der Waals surface area contributed by atoms with Gasteiger partial charge >= 0.3 is 0 Å². The van der Waals surface area contributed by atoms with Crippen LogP contribution in [-0.2, 0) is 0 Å². The second kappa shape index (κ2) is 5.12. The molecule has 4 heteroatoms. The maximum Gasteiger partial charge on any atom is 0.0948 e. The van der Waals surface area contributed by atoms with Crippen LogP contribution in [0.1, 0.15) is 12.8 Å². The lowest BCUT2D eigenvalue weighted by Gasteiger charge is -2.14. The Morgan fingerprint density at radius 3 is 3.17 bits per heavy atom. The summed E-state index contributed by atoms with van der Waals surface area (Å²) in [6.07, 6.45) is 4.32. The normalized spacial score (nSPS) is 19.3. The molecule has 0 bridgehead atoms. The van der Waals surface area contributed by atoms with Crippen LogP contribution >= 0.6 is 11.6 Å². The Morgan fingerprint density at radius 2 is 2.33 bits per heavy atom. The van der Waals surface area contributed by atoms with Gasteiger partial charge in [-0.15, -0.1) is 0 Å². The molecule has 2 N–H and O–H groups in total. The van der Waals surface area contributed by atoms with Crippen LogP contribution in [0.5, 0.6) is 0 Å². The molecule has 1 aliphatic rings. The molecule has 1 fully saturated rings. The minimum Gasteiger partial charge on any atom is -0.382 e. The van der Waals surface area contributed by atoms with E-state index < -0.39 is 0 Å². The first-order chi connectivity index (χ1) is 8.84. The topological polar surface area (TPSA) is 37.0 Å². The largest absolute Gasteiger partial charge is 0.382 e. The van der Waals surface area contributed by atoms with Gasteiger partial charge in [-0.3, -0.25) is 4.98 Å². The van der Waals surface area contributed by atoms with E-state index in [-0.39, 0.29) is 0 Å². The number of nitrogens with zero attached hydrogens (tertiary/aromatic N) is 1. The standard InChI is InChI=1S/C14H16ClN3/c15-12-5-6-13(14-11(12)4-2-8-17-14)18-9-10-3-1-7-16-10/h2,4-6,8,10,16,18H,1,3,7,9H2. The molecule has 0 spiro atoms. The molecular weight excluding hydrogens is 246 g/mol. The quantitative estimate of drug-likeness (QED) is 0.892. The van der Waals surface area contributed by atoms with Gasteiger partial charge < -0.3 is 10.6 Å². The summed E-state index contributed by atoms with van der Waals surface area (Å²) in [5.41, 5.74) is 2.01. The zero-order valence-electron chi connectivity index (χ0n) is 10.1. The van der Waals surface area contributed by atoms with Gasteiger partial charge in [0.25, 0.3) is 0 Å². The molecule has 1 saturated heterocycles. The fourth-order valence-electron chi connectivity index (χ4n) is 2.44. The van der Waals surface area contributed by atoms with Crippen molar-refractivity contribution in [2.45, 2.75) is 18.9 Å². The van der Waals surface area contributed by atoms with Crippen LogP contribution in [0.2, 0.25) is 5.02 Å². The predicted octanol–water partition coefficient (Wildman–Crippen LogP) is 3.05. The van der Waals surface area contributed by atoms with E-state index in [1.165, 1.54) is 12.8 Å². The molecule has 1 aromatic heterocycles. The van der Waals surface area contributed by atoms with Gasteiger partial charge in [-0.25, -0.2) is 0 Å². The number of hydrogen-bond acceptors (Lipinski definition) is 3. The molecule has 18 heavy (non-hydrogen) atoms. The highest BCUT2D eigenvalue weighted by molar-refractivity contribution is 6.35. The van der Waals surface area contributed by atoms with Crippen molar-refractivity contribution in [2.24, 2.45) is 0 Å². The molecule has 0 aliphatic carbocycles. The highest BCUT2D eigenvalue weighted by atomic mass is 35.5. The third-order valence-electron chi connectivity index (χ3n) is 3.42. The SMILES string of the molecule is Clc1ccc(NCC2CCCN2)c2ncccc12.